The highest BCUT2D eigenvalue weighted by Gasteiger charge is 2.32. The lowest BCUT2D eigenvalue weighted by atomic mass is 9.92. The minimum absolute atomic E-state index is 0.415. The number of aromatic nitrogens is 2. The molecule has 2 atom stereocenters. The molecule has 1 aliphatic rings. The Morgan fingerprint density at radius 2 is 2.48 bits per heavy atom. The first-order chi connectivity index (χ1) is 10.1. The molecular formula is C14H17N3O3S. The van der Waals surface area contributed by atoms with Crippen molar-refractivity contribution in [3.05, 3.63) is 23.3 Å². The molecule has 2 aromatic rings. The van der Waals surface area contributed by atoms with Gasteiger partial charge in [-0.15, -0.1) is 11.3 Å². The van der Waals surface area contributed by atoms with Crippen molar-refractivity contribution in [1.82, 2.24) is 15.0 Å². The van der Waals surface area contributed by atoms with Crippen molar-refractivity contribution in [3.63, 3.8) is 0 Å². The summed E-state index contributed by atoms with van der Waals surface area (Å²) in [5.74, 6) is 0.703. The predicted molar refractivity (Wildman–Crippen MR) is 77.8 cm³/mol. The molecule has 0 spiro atoms. The van der Waals surface area contributed by atoms with Crippen LogP contribution in [0.4, 0.5) is 0 Å². The summed E-state index contributed by atoms with van der Waals surface area (Å²) in [6.45, 7) is 3.26. The molecule has 1 fully saturated rings. The monoisotopic (exact) mass is 307 g/mol. The zero-order valence-electron chi connectivity index (χ0n) is 11.7. The number of hydrogen-bond donors (Lipinski definition) is 1. The van der Waals surface area contributed by atoms with Crippen LogP contribution in [0, 0.1) is 5.92 Å². The molecule has 3 heterocycles. The number of likely N-dealkylation sites (tertiary alicyclic amines) is 1. The van der Waals surface area contributed by atoms with Gasteiger partial charge in [0.25, 0.3) is 5.89 Å². The largest absolute Gasteiger partial charge is 0.480 e. The van der Waals surface area contributed by atoms with Crippen molar-refractivity contribution in [2.75, 3.05) is 6.54 Å². The number of thiophene rings is 1. The van der Waals surface area contributed by atoms with Crippen LogP contribution in [0.3, 0.4) is 0 Å². The standard InChI is InChI=1S/C14H17N3O3S/c1-9-4-5-17(10(7-9)14(18)19)8-12-15-13(20-16-12)11-3-2-6-21-11/h2-3,6,9-10H,4-5,7-8H2,1H3,(H,18,19). The van der Waals surface area contributed by atoms with E-state index in [1.54, 1.807) is 0 Å². The van der Waals surface area contributed by atoms with E-state index in [0.29, 0.717) is 30.6 Å². The Kier molecular flexibility index (Phi) is 4.03. The molecule has 2 unspecified atom stereocenters. The SMILES string of the molecule is CC1CCN(Cc2noc(-c3cccs3)n2)C(C(=O)O)C1. The van der Waals surface area contributed by atoms with Gasteiger partial charge in [-0.25, -0.2) is 0 Å². The molecule has 7 heteroatoms. The molecule has 0 aromatic carbocycles. The summed E-state index contributed by atoms with van der Waals surface area (Å²) < 4.78 is 5.24. The van der Waals surface area contributed by atoms with Gasteiger partial charge in [0.15, 0.2) is 5.82 Å². The molecule has 0 saturated carbocycles. The number of carboxylic acid groups (broad SMARTS) is 1. The third-order valence-electron chi connectivity index (χ3n) is 3.81. The second-order valence-electron chi connectivity index (χ2n) is 5.45. The number of nitrogens with zero attached hydrogens (tertiary/aromatic N) is 3. The Morgan fingerprint density at radius 1 is 1.62 bits per heavy atom. The molecular weight excluding hydrogens is 290 g/mol. The van der Waals surface area contributed by atoms with Crippen LogP contribution >= 0.6 is 11.3 Å². The number of piperidine rings is 1. The molecule has 1 saturated heterocycles. The van der Waals surface area contributed by atoms with E-state index in [0.717, 1.165) is 17.8 Å². The second-order valence-corrected chi connectivity index (χ2v) is 6.39. The van der Waals surface area contributed by atoms with E-state index in [9.17, 15) is 9.90 Å². The summed E-state index contributed by atoms with van der Waals surface area (Å²) in [6.07, 6.45) is 1.67. The van der Waals surface area contributed by atoms with Crippen LogP contribution in [0.15, 0.2) is 22.0 Å². The Labute approximate surface area is 126 Å². The van der Waals surface area contributed by atoms with E-state index in [2.05, 4.69) is 17.1 Å². The molecule has 112 valence electrons. The van der Waals surface area contributed by atoms with E-state index >= 15 is 0 Å². The van der Waals surface area contributed by atoms with Gasteiger partial charge in [0, 0.05) is 0 Å². The number of carbonyl (C=O) groups is 1. The molecule has 1 N–H and O–H groups in total. The quantitative estimate of drug-likeness (QED) is 0.935. The summed E-state index contributed by atoms with van der Waals surface area (Å²) in [5, 5.41) is 15.3. The van der Waals surface area contributed by atoms with Gasteiger partial charge in [-0.3, -0.25) is 9.69 Å². The van der Waals surface area contributed by atoms with Gasteiger partial charge in [-0.1, -0.05) is 18.1 Å². The van der Waals surface area contributed by atoms with Gasteiger partial charge in [0.1, 0.15) is 6.04 Å². The third-order valence-corrected chi connectivity index (χ3v) is 4.66. The van der Waals surface area contributed by atoms with Crippen LogP contribution in [0.5, 0.6) is 0 Å². The summed E-state index contributed by atoms with van der Waals surface area (Å²) in [7, 11) is 0. The van der Waals surface area contributed by atoms with Crippen LogP contribution in [0.1, 0.15) is 25.6 Å². The van der Waals surface area contributed by atoms with Crippen LogP contribution < -0.4 is 0 Å². The lowest BCUT2D eigenvalue weighted by molar-refractivity contribution is -0.145. The van der Waals surface area contributed by atoms with Gasteiger partial charge in [-0.05, 0) is 36.8 Å². The molecule has 3 rings (SSSR count). The first-order valence-electron chi connectivity index (χ1n) is 6.97. The predicted octanol–water partition coefficient (Wildman–Crippen LogP) is 2.48. The van der Waals surface area contributed by atoms with Crippen molar-refractivity contribution in [3.8, 4) is 10.8 Å². The van der Waals surface area contributed by atoms with E-state index < -0.39 is 12.0 Å². The maximum atomic E-state index is 11.4. The fourth-order valence-electron chi connectivity index (χ4n) is 2.64. The fraction of sp³-hybridized carbons (Fsp3) is 0.500. The molecule has 0 amide bonds. The molecule has 1 aliphatic heterocycles. The Bertz CT molecular complexity index is 611. The van der Waals surface area contributed by atoms with Gasteiger partial charge < -0.3 is 9.63 Å². The fourth-order valence-corrected chi connectivity index (χ4v) is 3.28. The van der Waals surface area contributed by atoms with Gasteiger partial charge in [0.05, 0.1) is 11.4 Å². The van der Waals surface area contributed by atoms with Crippen molar-refractivity contribution in [2.24, 2.45) is 5.92 Å². The third kappa shape index (κ3) is 3.14. The average molecular weight is 307 g/mol. The molecule has 0 radical (unpaired) electrons. The zero-order chi connectivity index (χ0) is 14.8. The summed E-state index contributed by atoms with van der Waals surface area (Å²) in [6, 6.07) is 3.39. The van der Waals surface area contributed by atoms with E-state index in [4.69, 9.17) is 4.52 Å². The maximum absolute atomic E-state index is 11.4. The van der Waals surface area contributed by atoms with Gasteiger partial charge in [0.2, 0.25) is 0 Å². The van der Waals surface area contributed by atoms with Crippen molar-refractivity contribution in [1.29, 1.82) is 0 Å². The normalized spacial score (nSPS) is 23.3. The minimum Gasteiger partial charge on any atom is -0.480 e. The van der Waals surface area contributed by atoms with Crippen LogP contribution in [-0.2, 0) is 11.3 Å². The van der Waals surface area contributed by atoms with Gasteiger partial charge in [-0.2, -0.15) is 4.98 Å². The number of carboxylic acids is 1. The molecule has 2 aromatic heterocycles. The number of aliphatic carboxylic acids is 1. The highest BCUT2D eigenvalue weighted by Crippen LogP contribution is 2.26. The Hall–Kier alpha value is -1.73. The lowest BCUT2D eigenvalue weighted by Gasteiger charge is -2.35. The Balaban J connectivity index is 1.72. The van der Waals surface area contributed by atoms with E-state index in [-0.39, 0.29) is 0 Å². The van der Waals surface area contributed by atoms with Crippen LogP contribution in [-0.4, -0.2) is 38.7 Å². The maximum Gasteiger partial charge on any atom is 0.320 e. The smallest absolute Gasteiger partial charge is 0.320 e. The zero-order valence-corrected chi connectivity index (χ0v) is 12.5. The summed E-state index contributed by atoms with van der Waals surface area (Å²) in [5.41, 5.74) is 0. The first kappa shape index (κ1) is 14.2. The molecule has 21 heavy (non-hydrogen) atoms. The molecule has 6 nitrogen and oxygen atoms in total. The first-order valence-corrected chi connectivity index (χ1v) is 7.85. The molecule has 0 bridgehead atoms. The Morgan fingerprint density at radius 3 is 3.19 bits per heavy atom. The molecule has 0 aliphatic carbocycles. The lowest BCUT2D eigenvalue weighted by Crippen LogP contribution is -2.46. The van der Waals surface area contributed by atoms with Crippen molar-refractivity contribution >= 4 is 17.3 Å². The summed E-state index contributed by atoms with van der Waals surface area (Å²) in [4.78, 5) is 18.6. The van der Waals surface area contributed by atoms with Crippen molar-refractivity contribution in [2.45, 2.75) is 32.4 Å². The van der Waals surface area contributed by atoms with Crippen LogP contribution in [0.2, 0.25) is 0 Å². The number of hydrogen-bond acceptors (Lipinski definition) is 6. The number of rotatable bonds is 4. The highest BCUT2D eigenvalue weighted by atomic mass is 32.1. The van der Waals surface area contributed by atoms with Crippen molar-refractivity contribution < 1.29 is 14.4 Å². The second kappa shape index (κ2) is 5.95. The van der Waals surface area contributed by atoms with Gasteiger partial charge >= 0.3 is 5.97 Å². The highest BCUT2D eigenvalue weighted by molar-refractivity contribution is 7.13. The average Bonchev–Trinajstić information content (AvgIpc) is 3.11. The van der Waals surface area contributed by atoms with E-state index in [1.165, 1.54) is 11.3 Å². The van der Waals surface area contributed by atoms with E-state index in [1.807, 2.05) is 22.4 Å². The minimum atomic E-state index is -0.775. The topological polar surface area (TPSA) is 79.5 Å². The summed E-state index contributed by atoms with van der Waals surface area (Å²) >= 11 is 1.54. The van der Waals surface area contributed by atoms with Crippen LogP contribution in [0.25, 0.3) is 10.8 Å².